The number of carbonyl (C=O) groups excluding carboxylic acids is 2. The van der Waals surface area contributed by atoms with Gasteiger partial charge in [-0.05, 0) is 61.2 Å². The van der Waals surface area contributed by atoms with E-state index in [0.29, 0.717) is 42.5 Å². The molecule has 226 valence electrons. The van der Waals surface area contributed by atoms with Gasteiger partial charge in [0.2, 0.25) is 11.9 Å². The molecule has 0 fully saturated rings. The molecule has 0 bridgehead atoms. The largest absolute Gasteiger partial charge is 0.421 e. The van der Waals surface area contributed by atoms with Crippen molar-refractivity contribution in [3.05, 3.63) is 71.4 Å². The molecule has 2 aromatic carbocycles. The predicted molar refractivity (Wildman–Crippen MR) is 153 cm³/mol. The van der Waals surface area contributed by atoms with Crippen molar-refractivity contribution in [1.82, 2.24) is 20.6 Å². The summed E-state index contributed by atoms with van der Waals surface area (Å²) in [6.45, 7) is 2.77. The van der Waals surface area contributed by atoms with E-state index in [2.05, 4.69) is 31.2 Å². The molecule has 42 heavy (non-hydrogen) atoms. The third-order valence-electron chi connectivity index (χ3n) is 6.07. The second kappa shape index (κ2) is 14.6. The Morgan fingerprint density at radius 1 is 0.952 bits per heavy atom. The van der Waals surface area contributed by atoms with Crippen molar-refractivity contribution in [1.29, 1.82) is 0 Å². The second-order valence-corrected chi connectivity index (χ2v) is 11.5. The number of aromatic nitrogens is 2. The summed E-state index contributed by atoms with van der Waals surface area (Å²) >= 11 is 0. The summed E-state index contributed by atoms with van der Waals surface area (Å²) in [6, 6.07) is 12.2. The van der Waals surface area contributed by atoms with Gasteiger partial charge in [0.1, 0.15) is 11.4 Å². The summed E-state index contributed by atoms with van der Waals surface area (Å²) < 4.78 is 64.4. The Morgan fingerprint density at radius 3 is 2.29 bits per heavy atom. The van der Waals surface area contributed by atoms with Crippen molar-refractivity contribution in [3.8, 4) is 0 Å². The lowest BCUT2D eigenvalue weighted by molar-refractivity contribution is -0.137. The molecular weight excluding hydrogens is 573 g/mol. The predicted octanol–water partition coefficient (Wildman–Crippen LogP) is 4.68. The zero-order chi connectivity index (χ0) is 30.8. The Hall–Kier alpha value is -4.20. The Bertz CT molecular complexity index is 1480. The van der Waals surface area contributed by atoms with Gasteiger partial charge in [0, 0.05) is 49.8 Å². The van der Waals surface area contributed by atoms with Gasteiger partial charge in [0.05, 0.1) is 4.90 Å². The molecule has 0 unspecified atom stereocenters. The molecule has 3 rings (SSSR count). The summed E-state index contributed by atoms with van der Waals surface area (Å²) in [6.07, 6.45) is -0.140. The average Bonchev–Trinajstić information content (AvgIpc) is 2.95. The number of rotatable bonds is 14. The first-order valence-electron chi connectivity index (χ1n) is 13.3. The number of nitrogens with zero attached hydrogens (tertiary/aromatic N) is 2. The molecule has 0 spiro atoms. The molecular formula is C28H33F3N6O4S. The Kier molecular flexibility index (Phi) is 11.2. The van der Waals surface area contributed by atoms with Crippen molar-refractivity contribution in [2.45, 2.75) is 50.2 Å². The van der Waals surface area contributed by atoms with E-state index in [4.69, 9.17) is 0 Å². The topological polar surface area (TPSA) is 142 Å². The molecule has 1 aromatic heterocycles. The smallest absolute Gasteiger partial charge is 0.365 e. The third-order valence-corrected chi connectivity index (χ3v) is 7.18. The van der Waals surface area contributed by atoms with Crippen LogP contribution in [0, 0.1) is 0 Å². The molecule has 3 aromatic rings. The molecule has 0 aliphatic rings. The fourth-order valence-corrected chi connectivity index (χ4v) is 4.46. The van der Waals surface area contributed by atoms with Gasteiger partial charge in [-0.3, -0.25) is 9.59 Å². The van der Waals surface area contributed by atoms with Crippen LogP contribution in [0.2, 0.25) is 0 Å². The highest BCUT2D eigenvalue weighted by molar-refractivity contribution is 7.90. The standard InChI is InChI=1S/C28H33F3N6O4S/c1-3-24(38)32-14-5-4-6-15-33-26(39)20-10-12-21(13-11-20)36-27-35-18-23(28(29,30)31)25(37-27)34-17-19-8-7-9-22(16-19)42(2,40)41/h7-13,16,18H,3-6,14-15,17H2,1-2H3,(H,32,38)(H,33,39)(H2,34,35,36,37). The van der Waals surface area contributed by atoms with Crippen LogP contribution in [0.3, 0.4) is 0 Å². The van der Waals surface area contributed by atoms with Crippen LogP contribution in [0.25, 0.3) is 0 Å². The van der Waals surface area contributed by atoms with Crippen molar-refractivity contribution < 1.29 is 31.2 Å². The Labute approximate surface area is 242 Å². The van der Waals surface area contributed by atoms with E-state index in [1.807, 2.05) is 0 Å². The van der Waals surface area contributed by atoms with E-state index in [9.17, 15) is 31.2 Å². The average molecular weight is 607 g/mol. The first kappa shape index (κ1) is 32.3. The number of anilines is 3. The molecule has 0 saturated carbocycles. The van der Waals surface area contributed by atoms with Gasteiger partial charge in [-0.2, -0.15) is 18.2 Å². The van der Waals surface area contributed by atoms with E-state index in [1.165, 1.54) is 18.2 Å². The molecule has 2 amide bonds. The van der Waals surface area contributed by atoms with Crippen LogP contribution in [-0.2, 0) is 27.4 Å². The lowest BCUT2D eigenvalue weighted by atomic mass is 10.2. The minimum absolute atomic E-state index is 0.0120. The van der Waals surface area contributed by atoms with Crippen LogP contribution in [0.5, 0.6) is 0 Å². The van der Waals surface area contributed by atoms with E-state index >= 15 is 0 Å². The van der Waals surface area contributed by atoms with Crippen molar-refractivity contribution in [2.75, 3.05) is 30.0 Å². The maximum absolute atomic E-state index is 13.6. The number of carbonyl (C=O) groups is 2. The second-order valence-electron chi connectivity index (χ2n) is 9.45. The molecule has 0 radical (unpaired) electrons. The number of benzene rings is 2. The lowest BCUT2D eigenvalue weighted by Gasteiger charge is -2.15. The summed E-state index contributed by atoms with van der Waals surface area (Å²) in [5.74, 6) is -0.841. The quantitative estimate of drug-likeness (QED) is 0.194. The number of sulfone groups is 1. The van der Waals surface area contributed by atoms with Gasteiger partial charge in [0.25, 0.3) is 5.91 Å². The van der Waals surface area contributed by atoms with Crippen LogP contribution in [-0.4, -0.2) is 49.5 Å². The van der Waals surface area contributed by atoms with Crippen LogP contribution in [0.4, 0.5) is 30.6 Å². The van der Waals surface area contributed by atoms with Gasteiger partial charge >= 0.3 is 6.18 Å². The van der Waals surface area contributed by atoms with Crippen molar-refractivity contribution in [2.24, 2.45) is 0 Å². The van der Waals surface area contributed by atoms with Gasteiger partial charge in [-0.15, -0.1) is 0 Å². The van der Waals surface area contributed by atoms with Crippen molar-refractivity contribution in [3.63, 3.8) is 0 Å². The third kappa shape index (κ3) is 10.0. The highest BCUT2D eigenvalue weighted by Crippen LogP contribution is 2.34. The summed E-state index contributed by atoms with van der Waals surface area (Å²) in [7, 11) is -3.48. The van der Waals surface area contributed by atoms with Crippen LogP contribution < -0.4 is 21.3 Å². The summed E-state index contributed by atoms with van der Waals surface area (Å²) in [4.78, 5) is 31.4. The van der Waals surface area contributed by atoms with Crippen LogP contribution in [0.15, 0.2) is 59.6 Å². The normalized spacial score (nSPS) is 11.5. The molecule has 0 atom stereocenters. The minimum atomic E-state index is -4.73. The zero-order valence-corrected chi connectivity index (χ0v) is 24.0. The Morgan fingerprint density at radius 2 is 1.64 bits per heavy atom. The van der Waals surface area contributed by atoms with E-state index in [-0.39, 0.29) is 29.2 Å². The fourth-order valence-electron chi connectivity index (χ4n) is 3.77. The fraction of sp³-hybridized carbons (Fsp3) is 0.357. The van der Waals surface area contributed by atoms with E-state index in [1.54, 1.807) is 37.3 Å². The number of nitrogens with one attached hydrogen (secondary N) is 4. The maximum atomic E-state index is 13.6. The van der Waals surface area contributed by atoms with Crippen LogP contribution in [0.1, 0.15) is 54.1 Å². The molecule has 0 saturated heterocycles. The molecule has 1 heterocycles. The lowest BCUT2D eigenvalue weighted by Crippen LogP contribution is -2.25. The van der Waals surface area contributed by atoms with Gasteiger partial charge in [0.15, 0.2) is 9.84 Å². The monoisotopic (exact) mass is 606 g/mol. The number of alkyl halides is 3. The number of hydrogen-bond acceptors (Lipinski definition) is 8. The summed E-state index contributed by atoms with van der Waals surface area (Å²) in [5.41, 5.74) is 0.230. The van der Waals surface area contributed by atoms with Crippen molar-refractivity contribution >= 4 is 39.1 Å². The first-order chi connectivity index (χ1) is 19.9. The molecule has 10 nitrogen and oxygen atoms in total. The Balaban J connectivity index is 1.59. The molecule has 14 heteroatoms. The first-order valence-corrected chi connectivity index (χ1v) is 15.1. The maximum Gasteiger partial charge on any atom is 0.421 e. The SMILES string of the molecule is CCC(=O)NCCCCCNC(=O)c1ccc(Nc2ncc(C(F)(F)F)c(NCc3cccc(S(C)(=O)=O)c3)n2)cc1. The molecule has 0 aliphatic carbocycles. The minimum Gasteiger partial charge on any atom is -0.365 e. The van der Waals surface area contributed by atoms with Gasteiger partial charge in [-0.1, -0.05) is 19.1 Å². The zero-order valence-electron chi connectivity index (χ0n) is 23.2. The van der Waals surface area contributed by atoms with Crippen LogP contribution >= 0.6 is 0 Å². The number of hydrogen-bond donors (Lipinski definition) is 4. The van der Waals surface area contributed by atoms with E-state index < -0.39 is 27.4 Å². The number of unbranched alkanes of at least 4 members (excludes halogenated alkanes) is 2. The molecule has 4 N–H and O–H groups in total. The van der Waals surface area contributed by atoms with Gasteiger partial charge < -0.3 is 21.3 Å². The van der Waals surface area contributed by atoms with E-state index in [0.717, 1.165) is 25.5 Å². The highest BCUT2D eigenvalue weighted by Gasteiger charge is 2.35. The summed E-state index contributed by atoms with van der Waals surface area (Å²) in [5, 5.41) is 11.1. The number of halogens is 3. The molecule has 0 aliphatic heterocycles. The number of amides is 2. The highest BCUT2D eigenvalue weighted by atomic mass is 32.2. The van der Waals surface area contributed by atoms with Gasteiger partial charge in [-0.25, -0.2) is 13.4 Å².